The minimum atomic E-state index is 0.148. The second kappa shape index (κ2) is 6.45. The molecule has 0 bridgehead atoms. The van der Waals surface area contributed by atoms with Crippen molar-refractivity contribution in [1.82, 2.24) is 14.8 Å². The number of carbonyl (C=O) groups excluding carboxylic acids is 1. The van der Waals surface area contributed by atoms with E-state index in [-0.39, 0.29) is 5.91 Å². The van der Waals surface area contributed by atoms with Crippen molar-refractivity contribution in [3.05, 3.63) is 24.0 Å². The molecule has 4 heteroatoms. The number of nitrogens with one attached hydrogen (secondary N) is 1. The van der Waals surface area contributed by atoms with Gasteiger partial charge in [0.25, 0.3) is 0 Å². The molecule has 0 aromatic carbocycles. The Balaban J connectivity index is 2.59. The van der Waals surface area contributed by atoms with Gasteiger partial charge < -0.3 is 14.8 Å². The van der Waals surface area contributed by atoms with Crippen molar-refractivity contribution >= 4 is 5.91 Å². The molecular formula is C13H23N3O. The second-order valence-corrected chi connectivity index (χ2v) is 4.57. The lowest BCUT2D eigenvalue weighted by Crippen LogP contribution is -2.31. The highest BCUT2D eigenvalue weighted by atomic mass is 16.2. The van der Waals surface area contributed by atoms with Gasteiger partial charge in [0, 0.05) is 38.1 Å². The molecule has 1 heterocycles. The molecular weight excluding hydrogens is 214 g/mol. The topological polar surface area (TPSA) is 37.3 Å². The van der Waals surface area contributed by atoms with Crippen LogP contribution >= 0.6 is 0 Å². The molecule has 1 aromatic heterocycles. The number of hydrogen-bond donors (Lipinski definition) is 1. The molecule has 0 aliphatic heterocycles. The lowest BCUT2D eigenvalue weighted by Gasteiger charge is -2.17. The predicted molar refractivity (Wildman–Crippen MR) is 69.7 cm³/mol. The van der Waals surface area contributed by atoms with Crippen molar-refractivity contribution in [3.63, 3.8) is 0 Å². The molecule has 0 spiro atoms. The lowest BCUT2D eigenvalue weighted by atomic mass is 10.3. The summed E-state index contributed by atoms with van der Waals surface area (Å²) in [7, 11) is 1.83. The summed E-state index contributed by atoms with van der Waals surface area (Å²) in [6, 6.07) is 4.48. The van der Waals surface area contributed by atoms with Gasteiger partial charge >= 0.3 is 0 Å². The molecule has 1 rings (SSSR count). The van der Waals surface area contributed by atoms with Gasteiger partial charge in [-0.25, -0.2) is 0 Å². The summed E-state index contributed by atoms with van der Waals surface area (Å²) in [5, 5.41) is 3.36. The Morgan fingerprint density at radius 1 is 1.53 bits per heavy atom. The largest absolute Gasteiger partial charge is 0.344 e. The fourth-order valence-electron chi connectivity index (χ4n) is 1.52. The molecule has 0 aliphatic carbocycles. The minimum Gasteiger partial charge on any atom is -0.344 e. The Hall–Kier alpha value is -1.29. The van der Waals surface area contributed by atoms with Crippen LogP contribution in [0.15, 0.2) is 18.3 Å². The van der Waals surface area contributed by atoms with Crippen LogP contribution in [-0.4, -0.2) is 35.0 Å². The van der Waals surface area contributed by atoms with E-state index in [0.717, 1.165) is 18.8 Å². The van der Waals surface area contributed by atoms with E-state index in [2.05, 4.69) is 25.2 Å². The third kappa shape index (κ3) is 4.23. The van der Waals surface area contributed by atoms with Crippen LogP contribution in [0.2, 0.25) is 0 Å². The average molecular weight is 237 g/mol. The van der Waals surface area contributed by atoms with Crippen molar-refractivity contribution in [3.8, 4) is 0 Å². The van der Waals surface area contributed by atoms with Crippen LogP contribution in [0.25, 0.3) is 0 Å². The summed E-state index contributed by atoms with van der Waals surface area (Å²) in [6.45, 7) is 8.18. The fourth-order valence-corrected chi connectivity index (χ4v) is 1.52. The third-order valence-electron chi connectivity index (χ3n) is 2.82. The molecule has 0 unspecified atom stereocenters. The fraction of sp³-hybridized carbons (Fsp3) is 0.615. The quantitative estimate of drug-likeness (QED) is 0.813. The number of carbonyl (C=O) groups is 1. The second-order valence-electron chi connectivity index (χ2n) is 4.57. The maximum atomic E-state index is 11.8. The van der Waals surface area contributed by atoms with Gasteiger partial charge in [-0.05, 0) is 19.1 Å². The highest BCUT2D eigenvalue weighted by Gasteiger charge is 2.09. The van der Waals surface area contributed by atoms with E-state index in [9.17, 15) is 4.79 Å². The van der Waals surface area contributed by atoms with Crippen molar-refractivity contribution < 1.29 is 4.79 Å². The molecule has 4 nitrogen and oxygen atoms in total. The zero-order valence-electron chi connectivity index (χ0n) is 11.2. The van der Waals surface area contributed by atoms with E-state index < -0.39 is 0 Å². The summed E-state index contributed by atoms with van der Waals surface area (Å²) >= 11 is 0. The average Bonchev–Trinajstić information content (AvgIpc) is 2.72. The smallest absolute Gasteiger partial charge is 0.242 e. The van der Waals surface area contributed by atoms with Crippen molar-refractivity contribution in [2.75, 3.05) is 13.6 Å². The Kier molecular flexibility index (Phi) is 5.22. The molecule has 1 N–H and O–H groups in total. The molecule has 17 heavy (non-hydrogen) atoms. The Morgan fingerprint density at radius 3 is 2.82 bits per heavy atom. The first-order valence-corrected chi connectivity index (χ1v) is 6.16. The molecule has 1 amide bonds. The van der Waals surface area contributed by atoms with Crippen LogP contribution in [-0.2, 0) is 17.9 Å². The first kappa shape index (κ1) is 13.8. The molecule has 0 saturated heterocycles. The SMILES string of the molecule is CCN(C)C(=O)Cn1cccc1CNC(C)C. The van der Waals surface area contributed by atoms with E-state index in [0.29, 0.717) is 12.6 Å². The van der Waals surface area contributed by atoms with Crippen LogP contribution < -0.4 is 5.32 Å². The van der Waals surface area contributed by atoms with Crippen molar-refractivity contribution in [2.24, 2.45) is 0 Å². The van der Waals surface area contributed by atoms with Gasteiger partial charge in [0.2, 0.25) is 5.91 Å². The first-order valence-electron chi connectivity index (χ1n) is 6.16. The Labute approximate surface area is 104 Å². The normalized spacial score (nSPS) is 10.9. The number of hydrogen-bond acceptors (Lipinski definition) is 2. The summed E-state index contributed by atoms with van der Waals surface area (Å²) in [5.74, 6) is 0.148. The van der Waals surface area contributed by atoms with Gasteiger partial charge in [-0.3, -0.25) is 4.79 Å². The number of amides is 1. The zero-order valence-corrected chi connectivity index (χ0v) is 11.2. The van der Waals surface area contributed by atoms with Gasteiger partial charge in [0.05, 0.1) is 0 Å². The highest BCUT2D eigenvalue weighted by molar-refractivity contribution is 5.75. The molecule has 0 fully saturated rings. The number of aromatic nitrogens is 1. The molecule has 0 radical (unpaired) electrons. The Bertz CT molecular complexity index is 357. The summed E-state index contributed by atoms with van der Waals surface area (Å²) < 4.78 is 2.00. The molecule has 0 atom stereocenters. The van der Waals surface area contributed by atoms with Gasteiger partial charge in [-0.15, -0.1) is 0 Å². The number of likely N-dealkylation sites (N-methyl/N-ethyl adjacent to an activating group) is 1. The monoisotopic (exact) mass is 237 g/mol. The van der Waals surface area contributed by atoms with Gasteiger partial charge in [0.15, 0.2) is 0 Å². The molecule has 1 aromatic rings. The molecule has 0 saturated carbocycles. The predicted octanol–water partition coefficient (Wildman–Crippen LogP) is 1.46. The summed E-state index contributed by atoms with van der Waals surface area (Å²) in [4.78, 5) is 13.6. The molecule has 96 valence electrons. The highest BCUT2D eigenvalue weighted by Crippen LogP contribution is 2.03. The van der Waals surface area contributed by atoms with Gasteiger partial charge in [-0.1, -0.05) is 13.8 Å². The van der Waals surface area contributed by atoms with Crippen molar-refractivity contribution in [2.45, 2.75) is 39.9 Å². The van der Waals surface area contributed by atoms with Crippen LogP contribution in [0.1, 0.15) is 26.5 Å². The maximum absolute atomic E-state index is 11.8. The zero-order chi connectivity index (χ0) is 12.8. The van der Waals surface area contributed by atoms with E-state index in [1.807, 2.05) is 30.8 Å². The molecule has 0 aliphatic rings. The van der Waals surface area contributed by atoms with Crippen LogP contribution in [0.5, 0.6) is 0 Å². The van der Waals surface area contributed by atoms with E-state index in [1.54, 1.807) is 4.90 Å². The standard InChI is InChI=1S/C13H23N3O/c1-5-15(4)13(17)10-16-8-6-7-12(16)9-14-11(2)3/h6-8,11,14H,5,9-10H2,1-4H3. The van der Waals surface area contributed by atoms with E-state index in [4.69, 9.17) is 0 Å². The van der Waals surface area contributed by atoms with Gasteiger partial charge in [-0.2, -0.15) is 0 Å². The summed E-state index contributed by atoms with van der Waals surface area (Å²) in [6.07, 6.45) is 1.96. The lowest BCUT2D eigenvalue weighted by molar-refractivity contribution is -0.130. The number of nitrogens with zero attached hydrogens (tertiary/aromatic N) is 2. The van der Waals surface area contributed by atoms with Gasteiger partial charge in [0.1, 0.15) is 6.54 Å². The minimum absolute atomic E-state index is 0.148. The van der Waals surface area contributed by atoms with Crippen molar-refractivity contribution in [1.29, 1.82) is 0 Å². The van der Waals surface area contributed by atoms with E-state index >= 15 is 0 Å². The van der Waals surface area contributed by atoms with E-state index in [1.165, 1.54) is 0 Å². The van der Waals surface area contributed by atoms with Crippen LogP contribution in [0, 0.1) is 0 Å². The van der Waals surface area contributed by atoms with Crippen LogP contribution in [0.3, 0.4) is 0 Å². The third-order valence-corrected chi connectivity index (χ3v) is 2.82. The first-order chi connectivity index (χ1) is 8.04. The van der Waals surface area contributed by atoms with Crippen LogP contribution in [0.4, 0.5) is 0 Å². The number of rotatable bonds is 6. The summed E-state index contributed by atoms with van der Waals surface area (Å²) in [5.41, 5.74) is 1.15. The maximum Gasteiger partial charge on any atom is 0.242 e. The Morgan fingerprint density at radius 2 is 2.24 bits per heavy atom.